The van der Waals surface area contributed by atoms with E-state index >= 15 is 0 Å². The van der Waals surface area contributed by atoms with Crippen LogP contribution < -0.4 is 9.80 Å². The molecular weight excluding hydrogens is 382 g/mol. The fraction of sp³-hybridized carbons (Fsp3) is 0.522. The maximum absolute atomic E-state index is 9.12. The van der Waals surface area contributed by atoms with E-state index in [0.717, 1.165) is 36.8 Å². The highest BCUT2D eigenvalue weighted by Gasteiger charge is 2.44. The molecule has 29 heavy (non-hydrogen) atoms. The standard InChI is InChI=1S/C23H28ClN5/c1-16(2)22-26-13-20(14-27-22)28-8-6-23(7-9-28)11-17(3)29(15-23)19-5-4-18(12-25)21(24)10-19/h4-5,10,13-14,16-17H,6-9,11,15H2,1-3H3. The van der Waals surface area contributed by atoms with Crippen LogP contribution in [0.1, 0.15) is 57.3 Å². The predicted octanol–water partition coefficient (Wildman–Crippen LogP) is 5.01. The highest BCUT2D eigenvalue weighted by molar-refractivity contribution is 6.32. The molecule has 0 aliphatic carbocycles. The van der Waals surface area contributed by atoms with E-state index in [0.29, 0.717) is 28.0 Å². The van der Waals surface area contributed by atoms with Crippen LogP contribution in [-0.4, -0.2) is 35.6 Å². The Bertz CT molecular complexity index is 910. The monoisotopic (exact) mass is 409 g/mol. The van der Waals surface area contributed by atoms with Gasteiger partial charge in [-0.2, -0.15) is 5.26 Å². The van der Waals surface area contributed by atoms with Gasteiger partial charge in [0.05, 0.1) is 28.7 Å². The molecule has 1 aromatic carbocycles. The van der Waals surface area contributed by atoms with Gasteiger partial charge in [-0.15, -0.1) is 0 Å². The van der Waals surface area contributed by atoms with Gasteiger partial charge in [-0.3, -0.25) is 0 Å². The highest BCUT2D eigenvalue weighted by atomic mass is 35.5. The lowest BCUT2D eigenvalue weighted by molar-refractivity contribution is 0.245. The van der Waals surface area contributed by atoms with Gasteiger partial charge in [-0.1, -0.05) is 25.4 Å². The van der Waals surface area contributed by atoms with Crippen molar-refractivity contribution in [1.29, 1.82) is 5.26 Å². The minimum atomic E-state index is 0.342. The number of hydrogen-bond donors (Lipinski definition) is 0. The van der Waals surface area contributed by atoms with Gasteiger partial charge < -0.3 is 9.80 Å². The van der Waals surface area contributed by atoms with E-state index in [1.807, 2.05) is 30.6 Å². The van der Waals surface area contributed by atoms with Crippen molar-refractivity contribution in [2.45, 2.75) is 52.0 Å². The molecule has 5 nitrogen and oxygen atoms in total. The summed E-state index contributed by atoms with van der Waals surface area (Å²) in [5.74, 6) is 1.26. The first-order valence-corrected chi connectivity index (χ1v) is 10.8. The van der Waals surface area contributed by atoms with Crippen molar-refractivity contribution in [3.8, 4) is 6.07 Å². The van der Waals surface area contributed by atoms with Crippen LogP contribution in [0.25, 0.3) is 0 Å². The van der Waals surface area contributed by atoms with Crippen LogP contribution in [0.4, 0.5) is 11.4 Å². The van der Waals surface area contributed by atoms with Crippen LogP contribution in [0.3, 0.4) is 0 Å². The van der Waals surface area contributed by atoms with Crippen LogP contribution >= 0.6 is 11.6 Å². The third-order valence-electron chi connectivity index (χ3n) is 6.53. The topological polar surface area (TPSA) is 56.1 Å². The molecule has 0 radical (unpaired) electrons. The number of halogens is 1. The Morgan fingerprint density at radius 3 is 2.45 bits per heavy atom. The van der Waals surface area contributed by atoms with Crippen molar-refractivity contribution >= 4 is 23.0 Å². The number of benzene rings is 1. The molecular formula is C23H28ClN5. The summed E-state index contributed by atoms with van der Waals surface area (Å²) in [5.41, 5.74) is 3.13. The number of rotatable bonds is 3. The van der Waals surface area contributed by atoms with Crippen molar-refractivity contribution in [3.05, 3.63) is 47.0 Å². The van der Waals surface area contributed by atoms with Gasteiger partial charge in [-0.25, -0.2) is 9.97 Å². The Kier molecular flexibility index (Phi) is 5.40. The largest absolute Gasteiger partial charge is 0.369 e. The molecule has 2 aliphatic rings. The molecule has 1 unspecified atom stereocenters. The molecule has 2 aromatic rings. The Hall–Kier alpha value is -2.32. The van der Waals surface area contributed by atoms with Crippen molar-refractivity contribution in [2.24, 2.45) is 5.41 Å². The fourth-order valence-corrected chi connectivity index (χ4v) is 5.05. The third kappa shape index (κ3) is 3.91. The number of piperidine rings is 1. The van der Waals surface area contributed by atoms with Crippen LogP contribution in [-0.2, 0) is 0 Å². The molecule has 2 saturated heterocycles. The van der Waals surface area contributed by atoms with Crippen LogP contribution in [0, 0.1) is 16.7 Å². The molecule has 3 heterocycles. The molecule has 0 N–H and O–H groups in total. The van der Waals surface area contributed by atoms with E-state index in [4.69, 9.17) is 16.9 Å². The summed E-state index contributed by atoms with van der Waals surface area (Å²) in [7, 11) is 0. The molecule has 1 spiro atoms. The summed E-state index contributed by atoms with van der Waals surface area (Å²) < 4.78 is 0. The number of aromatic nitrogens is 2. The summed E-state index contributed by atoms with van der Waals surface area (Å²) in [4.78, 5) is 13.9. The van der Waals surface area contributed by atoms with E-state index in [1.54, 1.807) is 0 Å². The van der Waals surface area contributed by atoms with Crippen LogP contribution in [0.15, 0.2) is 30.6 Å². The summed E-state index contributed by atoms with van der Waals surface area (Å²) in [6.07, 6.45) is 7.49. The van der Waals surface area contributed by atoms with E-state index in [9.17, 15) is 0 Å². The molecule has 0 bridgehead atoms. The van der Waals surface area contributed by atoms with Crippen molar-refractivity contribution in [1.82, 2.24) is 9.97 Å². The zero-order chi connectivity index (χ0) is 20.6. The molecule has 4 rings (SSSR count). The van der Waals surface area contributed by atoms with E-state index in [1.165, 1.54) is 19.3 Å². The average molecular weight is 410 g/mol. The van der Waals surface area contributed by atoms with Crippen molar-refractivity contribution in [3.63, 3.8) is 0 Å². The Morgan fingerprint density at radius 1 is 1.17 bits per heavy atom. The van der Waals surface area contributed by atoms with Gasteiger partial charge in [0.1, 0.15) is 11.9 Å². The molecule has 2 aliphatic heterocycles. The van der Waals surface area contributed by atoms with Crippen LogP contribution in [0.2, 0.25) is 5.02 Å². The molecule has 152 valence electrons. The molecule has 1 atom stereocenters. The number of nitriles is 1. The number of hydrogen-bond acceptors (Lipinski definition) is 5. The maximum Gasteiger partial charge on any atom is 0.130 e. The Morgan fingerprint density at radius 2 is 1.86 bits per heavy atom. The van der Waals surface area contributed by atoms with Crippen molar-refractivity contribution in [2.75, 3.05) is 29.4 Å². The first kappa shape index (κ1) is 20.0. The lowest BCUT2D eigenvalue weighted by Crippen LogP contribution is -2.41. The number of anilines is 2. The van der Waals surface area contributed by atoms with E-state index in [2.05, 4.69) is 46.6 Å². The first-order chi connectivity index (χ1) is 13.9. The fourth-order valence-electron chi connectivity index (χ4n) is 4.83. The second-order valence-electron chi connectivity index (χ2n) is 8.90. The maximum atomic E-state index is 9.12. The van der Waals surface area contributed by atoms with Gasteiger partial charge in [0.2, 0.25) is 0 Å². The second kappa shape index (κ2) is 7.84. The SMILES string of the molecule is CC(C)c1ncc(N2CCC3(CC2)CC(C)N(c2ccc(C#N)c(Cl)c2)C3)cn1. The lowest BCUT2D eigenvalue weighted by atomic mass is 9.76. The summed E-state index contributed by atoms with van der Waals surface area (Å²) in [6.45, 7) is 9.66. The minimum absolute atomic E-state index is 0.342. The third-order valence-corrected chi connectivity index (χ3v) is 6.85. The number of nitrogens with zero attached hydrogens (tertiary/aromatic N) is 5. The van der Waals surface area contributed by atoms with Gasteiger partial charge in [0.25, 0.3) is 0 Å². The summed E-state index contributed by atoms with van der Waals surface area (Å²) >= 11 is 6.28. The summed E-state index contributed by atoms with van der Waals surface area (Å²) in [5, 5.41) is 9.66. The lowest BCUT2D eigenvalue weighted by Gasteiger charge is -2.40. The molecule has 0 saturated carbocycles. The summed E-state index contributed by atoms with van der Waals surface area (Å²) in [6, 6.07) is 8.42. The Balaban J connectivity index is 1.43. The van der Waals surface area contributed by atoms with Gasteiger partial charge in [0.15, 0.2) is 0 Å². The molecule has 1 aromatic heterocycles. The van der Waals surface area contributed by atoms with Crippen molar-refractivity contribution < 1.29 is 0 Å². The molecule has 0 amide bonds. The molecule has 6 heteroatoms. The smallest absolute Gasteiger partial charge is 0.130 e. The van der Waals surface area contributed by atoms with Gasteiger partial charge in [0, 0.05) is 37.3 Å². The van der Waals surface area contributed by atoms with Gasteiger partial charge >= 0.3 is 0 Å². The van der Waals surface area contributed by atoms with Gasteiger partial charge in [-0.05, 0) is 49.8 Å². The quantitative estimate of drug-likeness (QED) is 0.713. The Labute approximate surface area is 178 Å². The van der Waals surface area contributed by atoms with E-state index < -0.39 is 0 Å². The highest BCUT2D eigenvalue weighted by Crippen LogP contribution is 2.45. The second-order valence-corrected chi connectivity index (χ2v) is 9.31. The first-order valence-electron chi connectivity index (χ1n) is 10.4. The van der Waals surface area contributed by atoms with Crippen LogP contribution in [0.5, 0.6) is 0 Å². The predicted molar refractivity (Wildman–Crippen MR) is 118 cm³/mol. The zero-order valence-electron chi connectivity index (χ0n) is 17.4. The average Bonchev–Trinajstić information content (AvgIpc) is 3.04. The van der Waals surface area contributed by atoms with E-state index in [-0.39, 0.29) is 0 Å². The zero-order valence-corrected chi connectivity index (χ0v) is 18.2. The normalized spacial score (nSPS) is 21.0. The minimum Gasteiger partial charge on any atom is -0.369 e. The molecule has 2 fully saturated rings.